The van der Waals surface area contributed by atoms with Crippen LogP contribution in [0.15, 0.2) is 0 Å². The normalized spacial score (nSPS) is 23.1. The molecule has 0 aromatic heterocycles. The Morgan fingerprint density at radius 3 is 2.00 bits per heavy atom. The fraction of sp³-hybridized carbons (Fsp3) is 0.923. The summed E-state index contributed by atoms with van der Waals surface area (Å²) in [7, 11) is 2.19. The van der Waals surface area contributed by atoms with Crippen LogP contribution in [-0.4, -0.2) is 37.6 Å². The Hall–Kier alpha value is -0.570. The van der Waals surface area contributed by atoms with E-state index in [0.29, 0.717) is 6.47 Å². The number of likely N-dealkylation sites (tertiary alicyclic amines) is 1. The summed E-state index contributed by atoms with van der Waals surface area (Å²) in [6.07, 6.45) is 10.4. The molecule has 3 nitrogen and oxygen atoms in total. The van der Waals surface area contributed by atoms with Crippen molar-refractivity contribution in [2.24, 2.45) is 0 Å². The van der Waals surface area contributed by atoms with Gasteiger partial charge in [-0.1, -0.05) is 12.8 Å². The van der Waals surface area contributed by atoms with Crippen molar-refractivity contribution in [3.05, 3.63) is 0 Å². The Kier molecular flexibility index (Phi) is 7.23. The fourth-order valence-electron chi connectivity index (χ4n) is 2.33. The zero-order valence-electron chi connectivity index (χ0n) is 10.5. The van der Waals surface area contributed by atoms with Crippen LogP contribution in [0.2, 0.25) is 0 Å². The molecule has 0 aromatic rings. The van der Waals surface area contributed by atoms with E-state index < -0.39 is 0 Å². The average Bonchev–Trinajstić information content (AvgIpc) is 2.33. The van der Waals surface area contributed by atoms with E-state index in [1.54, 1.807) is 0 Å². The van der Waals surface area contributed by atoms with Crippen LogP contribution < -0.4 is 0 Å². The molecule has 0 amide bonds. The van der Waals surface area contributed by atoms with Gasteiger partial charge in [0.2, 0.25) is 0 Å². The van der Waals surface area contributed by atoms with Gasteiger partial charge in [0.05, 0.1) is 0 Å². The minimum absolute atomic E-state index is 0.233. The van der Waals surface area contributed by atoms with Gasteiger partial charge >= 0.3 is 0 Å². The summed E-state index contributed by atoms with van der Waals surface area (Å²) in [5.41, 5.74) is 0. The number of hydrogen-bond acceptors (Lipinski definition) is 3. The maximum absolute atomic E-state index is 9.85. The van der Waals surface area contributed by atoms with Crippen LogP contribution >= 0.6 is 0 Å². The van der Waals surface area contributed by atoms with Crippen LogP contribution in [0.4, 0.5) is 0 Å². The number of carbonyl (C=O) groups is 1. The summed E-state index contributed by atoms with van der Waals surface area (Å²) >= 11 is 0. The van der Waals surface area contributed by atoms with E-state index in [-0.39, 0.29) is 6.10 Å². The van der Waals surface area contributed by atoms with E-state index in [2.05, 4.69) is 11.9 Å². The smallest absolute Gasteiger partial charge is 0.293 e. The van der Waals surface area contributed by atoms with Gasteiger partial charge in [-0.2, -0.15) is 0 Å². The number of ether oxygens (including phenoxy) is 1. The van der Waals surface area contributed by atoms with Gasteiger partial charge in [-0.3, -0.25) is 4.79 Å². The molecule has 0 unspecified atom stereocenters. The van der Waals surface area contributed by atoms with E-state index in [9.17, 15) is 4.79 Å². The number of rotatable bonds is 2. The molecule has 0 radical (unpaired) electrons. The van der Waals surface area contributed by atoms with Crippen LogP contribution in [0, 0.1) is 0 Å². The number of nitrogens with zero attached hydrogens (tertiary/aromatic N) is 1. The maximum Gasteiger partial charge on any atom is 0.293 e. The third kappa shape index (κ3) is 6.11. The molecule has 1 saturated carbocycles. The summed E-state index contributed by atoms with van der Waals surface area (Å²) in [6.45, 7) is 3.20. The number of hydrogen-bond donors (Lipinski definition) is 0. The summed E-state index contributed by atoms with van der Waals surface area (Å²) in [5, 5.41) is 0. The molecule has 1 aliphatic heterocycles. The largest absolute Gasteiger partial charge is 0.465 e. The Morgan fingerprint density at radius 2 is 1.56 bits per heavy atom. The Bertz CT molecular complexity index is 173. The summed E-state index contributed by atoms with van der Waals surface area (Å²) in [5.74, 6) is 0. The topological polar surface area (TPSA) is 29.5 Å². The van der Waals surface area contributed by atoms with Crippen molar-refractivity contribution in [1.82, 2.24) is 4.90 Å². The predicted octanol–water partition coefficient (Wildman–Crippen LogP) is 2.59. The predicted molar refractivity (Wildman–Crippen MR) is 65.4 cm³/mol. The van der Waals surface area contributed by atoms with E-state index in [4.69, 9.17) is 4.74 Å². The van der Waals surface area contributed by atoms with Crippen LogP contribution in [0.3, 0.4) is 0 Å². The quantitative estimate of drug-likeness (QED) is 0.679. The first-order valence-corrected chi connectivity index (χ1v) is 6.60. The second kappa shape index (κ2) is 8.57. The van der Waals surface area contributed by atoms with E-state index in [1.807, 2.05) is 0 Å². The molecule has 2 aliphatic rings. The molecule has 2 fully saturated rings. The average molecular weight is 227 g/mol. The minimum atomic E-state index is 0.233. The molecule has 0 N–H and O–H groups in total. The van der Waals surface area contributed by atoms with E-state index >= 15 is 0 Å². The van der Waals surface area contributed by atoms with Crippen LogP contribution in [-0.2, 0) is 9.53 Å². The molecule has 1 aliphatic carbocycles. The summed E-state index contributed by atoms with van der Waals surface area (Å²) < 4.78 is 4.80. The van der Waals surface area contributed by atoms with Gasteiger partial charge in [0, 0.05) is 0 Å². The zero-order valence-corrected chi connectivity index (χ0v) is 10.5. The molecule has 94 valence electrons. The summed E-state index contributed by atoms with van der Waals surface area (Å²) in [6, 6.07) is 0. The molecular formula is C13H25NO2. The second-order valence-corrected chi connectivity index (χ2v) is 4.86. The Labute approximate surface area is 99.1 Å². The monoisotopic (exact) mass is 227 g/mol. The molecule has 1 heterocycles. The van der Waals surface area contributed by atoms with Crippen molar-refractivity contribution in [1.29, 1.82) is 0 Å². The van der Waals surface area contributed by atoms with E-state index in [0.717, 1.165) is 12.8 Å². The lowest BCUT2D eigenvalue weighted by atomic mass is 9.98. The van der Waals surface area contributed by atoms with Crippen LogP contribution in [0.25, 0.3) is 0 Å². The Morgan fingerprint density at radius 1 is 1.00 bits per heavy atom. The van der Waals surface area contributed by atoms with Crippen molar-refractivity contribution in [3.8, 4) is 0 Å². The molecule has 0 bridgehead atoms. The second-order valence-electron chi connectivity index (χ2n) is 4.86. The fourth-order valence-corrected chi connectivity index (χ4v) is 2.33. The molecule has 0 spiro atoms. The standard InChI is InChI=1S/C7H12O2.C6H13N/c8-6-9-7-4-2-1-3-5-7;1-7-5-3-2-4-6-7/h6-7H,1-5H2;2-6H2,1H3. The van der Waals surface area contributed by atoms with Gasteiger partial charge in [0.1, 0.15) is 6.10 Å². The van der Waals surface area contributed by atoms with Crippen molar-refractivity contribution in [3.63, 3.8) is 0 Å². The lowest BCUT2D eigenvalue weighted by Crippen LogP contribution is -2.24. The molecule has 2 rings (SSSR count). The van der Waals surface area contributed by atoms with E-state index in [1.165, 1.54) is 51.6 Å². The molecule has 16 heavy (non-hydrogen) atoms. The van der Waals surface area contributed by atoms with Gasteiger partial charge in [0.15, 0.2) is 0 Å². The Balaban J connectivity index is 0.000000165. The third-order valence-corrected chi connectivity index (χ3v) is 3.38. The minimum Gasteiger partial charge on any atom is -0.465 e. The van der Waals surface area contributed by atoms with Crippen molar-refractivity contribution < 1.29 is 9.53 Å². The van der Waals surface area contributed by atoms with Crippen LogP contribution in [0.1, 0.15) is 51.4 Å². The van der Waals surface area contributed by atoms with Crippen molar-refractivity contribution in [2.75, 3.05) is 20.1 Å². The lowest BCUT2D eigenvalue weighted by molar-refractivity contribution is -0.134. The third-order valence-electron chi connectivity index (χ3n) is 3.38. The number of piperidine rings is 1. The molecule has 0 atom stereocenters. The molecule has 1 saturated heterocycles. The SMILES string of the molecule is CN1CCCCC1.O=COC1CCCCC1. The first kappa shape index (κ1) is 13.5. The first-order valence-electron chi connectivity index (χ1n) is 6.60. The highest BCUT2D eigenvalue weighted by Crippen LogP contribution is 2.19. The maximum atomic E-state index is 9.85. The highest BCUT2D eigenvalue weighted by Gasteiger charge is 2.12. The lowest BCUT2D eigenvalue weighted by Gasteiger charge is -2.20. The number of carbonyl (C=O) groups excluding carboxylic acids is 1. The highest BCUT2D eigenvalue weighted by atomic mass is 16.5. The summed E-state index contributed by atoms with van der Waals surface area (Å²) in [4.78, 5) is 12.2. The molecule has 3 heteroatoms. The van der Waals surface area contributed by atoms with Gasteiger partial charge < -0.3 is 9.64 Å². The van der Waals surface area contributed by atoms with Gasteiger partial charge in [-0.25, -0.2) is 0 Å². The van der Waals surface area contributed by atoms with Crippen LogP contribution in [0.5, 0.6) is 0 Å². The molecule has 0 aromatic carbocycles. The van der Waals surface area contributed by atoms with Crippen molar-refractivity contribution >= 4 is 6.47 Å². The highest BCUT2D eigenvalue weighted by molar-refractivity contribution is 5.37. The molecular weight excluding hydrogens is 202 g/mol. The van der Waals surface area contributed by atoms with Gasteiger partial charge in [-0.05, 0) is 58.7 Å². The first-order chi connectivity index (χ1) is 7.83. The van der Waals surface area contributed by atoms with Crippen molar-refractivity contribution in [2.45, 2.75) is 57.5 Å². The van der Waals surface area contributed by atoms with Gasteiger partial charge in [0.25, 0.3) is 6.47 Å². The zero-order chi connectivity index (χ0) is 11.6. The van der Waals surface area contributed by atoms with Gasteiger partial charge in [-0.15, -0.1) is 0 Å².